The molecule has 0 heterocycles. The summed E-state index contributed by atoms with van der Waals surface area (Å²) in [7, 11) is -7.17. The van der Waals surface area contributed by atoms with Crippen molar-refractivity contribution >= 4 is 20.5 Å². The highest BCUT2D eigenvalue weighted by Crippen LogP contribution is 2.02. The summed E-state index contributed by atoms with van der Waals surface area (Å²) in [5, 5.41) is 0. The third-order valence-electron chi connectivity index (χ3n) is 1.40. The van der Waals surface area contributed by atoms with E-state index in [0.717, 1.165) is 7.11 Å². The van der Waals surface area contributed by atoms with Gasteiger partial charge in [0.25, 0.3) is 10.1 Å². The Labute approximate surface area is 99.7 Å². The average Bonchev–Trinajstić information content (AvgIpc) is 2.16. The van der Waals surface area contributed by atoms with Gasteiger partial charge < -0.3 is 0 Å². The fraction of sp³-hybridized carbons (Fsp3) is 0.250. The summed E-state index contributed by atoms with van der Waals surface area (Å²) >= 11 is 0. The molecule has 1 aromatic rings. The lowest BCUT2D eigenvalue weighted by Crippen LogP contribution is -2.00. The Balaban J connectivity index is 0.000000366. The standard InChI is InChI=1S/C7H8O3S.CH4O4S/c8-11(9,10)6-7-4-2-1-3-5-7;1-5-6(2,3)4/h1-5H,6H2,(H,8,9,10);1H3,(H,2,3,4). The molecule has 0 saturated carbocycles. The summed E-state index contributed by atoms with van der Waals surface area (Å²) in [5.41, 5.74) is 0.593. The minimum atomic E-state index is -4.16. The van der Waals surface area contributed by atoms with E-state index in [-0.39, 0.29) is 5.75 Å². The van der Waals surface area contributed by atoms with Gasteiger partial charge in [-0.1, -0.05) is 30.3 Å². The van der Waals surface area contributed by atoms with Crippen LogP contribution in [0.5, 0.6) is 0 Å². The Morgan fingerprint density at radius 3 is 1.76 bits per heavy atom. The van der Waals surface area contributed by atoms with Crippen LogP contribution in [-0.4, -0.2) is 33.1 Å². The van der Waals surface area contributed by atoms with Crippen LogP contribution in [0.1, 0.15) is 5.56 Å². The average molecular weight is 284 g/mol. The van der Waals surface area contributed by atoms with Crippen molar-refractivity contribution in [3.05, 3.63) is 35.9 Å². The van der Waals surface area contributed by atoms with E-state index in [0.29, 0.717) is 5.56 Å². The predicted molar refractivity (Wildman–Crippen MR) is 60.3 cm³/mol. The van der Waals surface area contributed by atoms with E-state index in [4.69, 9.17) is 9.11 Å². The molecule has 7 nitrogen and oxygen atoms in total. The number of rotatable bonds is 3. The lowest BCUT2D eigenvalue weighted by Gasteiger charge is -1.95. The summed E-state index contributed by atoms with van der Waals surface area (Å²) in [5.74, 6) is -0.312. The molecule has 0 fully saturated rings. The van der Waals surface area contributed by atoms with Crippen molar-refractivity contribution in [3.63, 3.8) is 0 Å². The first-order valence-electron chi connectivity index (χ1n) is 4.16. The number of benzene rings is 1. The van der Waals surface area contributed by atoms with Crippen LogP contribution in [0.4, 0.5) is 0 Å². The fourth-order valence-electron chi connectivity index (χ4n) is 0.785. The van der Waals surface area contributed by atoms with E-state index in [1.165, 1.54) is 0 Å². The molecule has 1 aromatic carbocycles. The molecule has 0 unspecified atom stereocenters. The van der Waals surface area contributed by atoms with Gasteiger partial charge in [0.1, 0.15) is 5.75 Å². The third kappa shape index (κ3) is 11.3. The SMILES string of the molecule is COS(=O)(=O)O.O=S(=O)(O)Cc1ccccc1. The van der Waals surface area contributed by atoms with Gasteiger partial charge in [-0.05, 0) is 5.56 Å². The molecule has 0 bridgehead atoms. The van der Waals surface area contributed by atoms with Gasteiger partial charge in [0.15, 0.2) is 0 Å². The van der Waals surface area contributed by atoms with Crippen molar-refractivity contribution in [2.75, 3.05) is 7.11 Å². The van der Waals surface area contributed by atoms with Crippen molar-refractivity contribution in [1.29, 1.82) is 0 Å². The normalized spacial score (nSPS) is 11.5. The molecular weight excluding hydrogens is 272 g/mol. The summed E-state index contributed by atoms with van der Waals surface area (Å²) in [6.07, 6.45) is 0. The zero-order valence-electron chi connectivity index (χ0n) is 8.85. The van der Waals surface area contributed by atoms with Crippen LogP contribution in [0.15, 0.2) is 30.3 Å². The molecule has 98 valence electrons. The quantitative estimate of drug-likeness (QED) is 0.776. The fourth-order valence-corrected chi connectivity index (χ4v) is 1.40. The topological polar surface area (TPSA) is 118 Å². The molecule has 0 aromatic heterocycles. The predicted octanol–water partition coefficient (Wildman–Crippen LogP) is 0.510. The lowest BCUT2D eigenvalue weighted by atomic mass is 10.2. The molecule has 17 heavy (non-hydrogen) atoms. The molecule has 0 aliphatic carbocycles. The first kappa shape index (κ1) is 16.0. The van der Waals surface area contributed by atoms with Crippen LogP contribution in [0.2, 0.25) is 0 Å². The molecular formula is C8H12O7S2. The van der Waals surface area contributed by atoms with Gasteiger partial charge in [-0.15, -0.1) is 0 Å². The maximum atomic E-state index is 10.4. The Kier molecular flexibility index (Phi) is 6.27. The minimum Gasteiger partial charge on any atom is -0.285 e. The van der Waals surface area contributed by atoms with Crippen molar-refractivity contribution in [2.24, 2.45) is 0 Å². The summed E-state index contributed by atoms with van der Waals surface area (Å²) in [6, 6.07) is 8.52. The highest BCUT2D eigenvalue weighted by atomic mass is 32.3. The molecule has 0 atom stereocenters. The lowest BCUT2D eigenvalue weighted by molar-refractivity contribution is 0.324. The Hall–Kier alpha value is -1.00. The highest BCUT2D eigenvalue weighted by molar-refractivity contribution is 7.85. The third-order valence-corrected chi connectivity index (χ3v) is 2.52. The van der Waals surface area contributed by atoms with Crippen molar-refractivity contribution in [2.45, 2.75) is 5.75 Å². The highest BCUT2D eigenvalue weighted by Gasteiger charge is 2.04. The molecule has 0 spiro atoms. The minimum absolute atomic E-state index is 0.312. The Morgan fingerprint density at radius 1 is 1.06 bits per heavy atom. The van der Waals surface area contributed by atoms with E-state index in [1.807, 2.05) is 0 Å². The first-order valence-corrected chi connectivity index (χ1v) is 7.13. The van der Waals surface area contributed by atoms with E-state index >= 15 is 0 Å². The van der Waals surface area contributed by atoms with Crippen LogP contribution in [0.3, 0.4) is 0 Å². The van der Waals surface area contributed by atoms with Gasteiger partial charge in [0.05, 0.1) is 7.11 Å². The van der Waals surface area contributed by atoms with E-state index in [9.17, 15) is 16.8 Å². The second-order valence-corrected chi connectivity index (χ2v) is 5.45. The maximum absolute atomic E-state index is 10.4. The van der Waals surface area contributed by atoms with Gasteiger partial charge in [0, 0.05) is 0 Å². The van der Waals surface area contributed by atoms with Gasteiger partial charge in [-0.2, -0.15) is 16.8 Å². The smallest absolute Gasteiger partial charge is 0.285 e. The maximum Gasteiger partial charge on any atom is 0.397 e. The van der Waals surface area contributed by atoms with E-state index < -0.39 is 20.5 Å². The molecule has 0 radical (unpaired) electrons. The van der Waals surface area contributed by atoms with Crippen LogP contribution in [0, 0.1) is 0 Å². The summed E-state index contributed by atoms with van der Waals surface area (Å²) in [6.45, 7) is 0. The molecule has 0 aliphatic heterocycles. The van der Waals surface area contributed by atoms with Crippen molar-refractivity contribution in [1.82, 2.24) is 0 Å². The number of hydrogen-bond acceptors (Lipinski definition) is 5. The summed E-state index contributed by atoms with van der Waals surface area (Å²) in [4.78, 5) is 0. The zero-order chi connectivity index (χ0) is 13.5. The largest absolute Gasteiger partial charge is 0.397 e. The van der Waals surface area contributed by atoms with Crippen LogP contribution < -0.4 is 0 Å². The Morgan fingerprint density at radius 2 is 1.47 bits per heavy atom. The van der Waals surface area contributed by atoms with Gasteiger partial charge in [0.2, 0.25) is 0 Å². The summed E-state index contributed by atoms with van der Waals surface area (Å²) < 4.78 is 58.9. The van der Waals surface area contributed by atoms with Crippen LogP contribution in [-0.2, 0) is 30.5 Å². The molecule has 1 rings (SSSR count). The van der Waals surface area contributed by atoms with Gasteiger partial charge >= 0.3 is 10.4 Å². The number of hydrogen-bond donors (Lipinski definition) is 2. The monoisotopic (exact) mass is 284 g/mol. The van der Waals surface area contributed by atoms with Crippen LogP contribution >= 0.6 is 0 Å². The van der Waals surface area contributed by atoms with Gasteiger partial charge in [-0.25, -0.2) is 0 Å². The molecule has 0 amide bonds. The first-order chi connectivity index (χ1) is 7.64. The molecule has 0 aliphatic rings. The van der Waals surface area contributed by atoms with Crippen LogP contribution in [0.25, 0.3) is 0 Å². The van der Waals surface area contributed by atoms with E-state index in [1.54, 1.807) is 30.3 Å². The molecule has 2 N–H and O–H groups in total. The second-order valence-electron chi connectivity index (χ2n) is 2.81. The zero-order valence-corrected chi connectivity index (χ0v) is 10.5. The second kappa shape index (κ2) is 6.67. The Bertz CT molecular complexity index is 518. The van der Waals surface area contributed by atoms with E-state index in [2.05, 4.69) is 4.18 Å². The van der Waals surface area contributed by atoms with Crippen molar-refractivity contribution in [3.8, 4) is 0 Å². The van der Waals surface area contributed by atoms with Crippen molar-refractivity contribution < 1.29 is 30.1 Å². The molecule has 9 heteroatoms. The van der Waals surface area contributed by atoms with Gasteiger partial charge in [-0.3, -0.25) is 13.3 Å². The molecule has 0 saturated heterocycles.